The number of aryl methyl sites for hydroxylation is 1. The van der Waals surface area contributed by atoms with Crippen molar-refractivity contribution in [3.63, 3.8) is 0 Å². The van der Waals surface area contributed by atoms with Gasteiger partial charge in [-0.2, -0.15) is 0 Å². The minimum atomic E-state index is 0.131. The molecule has 0 aliphatic rings. The standard InChI is InChI=1S/C15H22ClNO2/c1-19-12-3-2-11-17-15(18)6-4-5-13-7-9-14(16)10-8-13/h7-10H,2-6,11-12H2,1H3,(H,17,18). The van der Waals surface area contributed by atoms with Crippen molar-refractivity contribution in [2.45, 2.75) is 32.1 Å². The molecule has 0 saturated carbocycles. The van der Waals surface area contributed by atoms with Crippen LogP contribution in [0.2, 0.25) is 5.02 Å². The number of carbonyl (C=O) groups excluding carboxylic acids is 1. The van der Waals surface area contributed by atoms with Gasteiger partial charge in [0.15, 0.2) is 0 Å². The van der Waals surface area contributed by atoms with Gasteiger partial charge in [-0.15, -0.1) is 0 Å². The Bertz CT molecular complexity index is 365. The van der Waals surface area contributed by atoms with Gasteiger partial charge in [-0.1, -0.05) is 23.7 Å². The highest BCUT2D eigenvalue weighted by molar-refractivity contribution is 6.30. The Morgan fingerprint density at radius 1 is 1.21 bits per heavy atom. The zero-order valence-electron chi connectivity index (χ0n) is 11.5. The molecule has 1 amide bonds. The van der Waals surface area contributed by atoms with Gasteiger partial charge in [0.1, 0.15) is 0 Å². The average Bonchev–Trinajstić information content (AvgIpc) is 2.41. The molecule has 0 aliphatic heterocycles. The molecule has 1 aromatic rings. The maximum Gasteiger partial charge on any atom is 0.220 e. The van der Waals surface area contributed by atoms with Crippen molar-refractivity contribution < 1.29 is 9.53 Å². The molecule has 4 heteroatoms. The second-order valence-electron chi connectivity index (χ2n) is 4.53. The highest BCUT2D eigenvalue weighted by Gasteiger charge is 2.01. The fourth-order valence-electron chi connectivity index (χ4n) is 1.79. The van der Waals surface area contributed by atoms with E-state index in [2.05, 4.69) is 5.32 Å². The Labute approximate surface area is 120 Å². The Balaban J connectivity index is 2.05. The van der Waals surface area contributed by atoms with E-state index < -0.39 is 0 Å². The summed E-state index contributed by atoms with van der Waals surface area (Å²) in [6, 6.07) is 7.77. The fourth-order valence-corrected chi connectivity index (χ4v) is 1.92. The van der Waals surface area contributed by atoms with Crippen LogP contribution in [0.1, 0.15) is 31.2 Å². The van der Waals surface area contributed by atoms with E-state index in [-0.39, 0.29) is 5.91 Å². The van der Waals surface area contributed by atoms with Crippen LogP contribution in [0.5, 0.6) is 0 Å². The molecule has 19 heavy (non-hydrogen) atoms. The highest BCUT2D eigenvalue weighted by Crippen LogP contribution is 2.11. The van der Waals surface area contributed by atoms with Gasteiger partial charge < -0.3 is 10.1 Å². The zero-order valence-corrected chi connectivity index (χ0v) is 12.2. The van der Waals surface area contributed by atoms with Gasteiger partial charge in [0.25, 0.3) is 0 Å². The summed E-state index contributed by atoms with van der Waals surface area (Å²) >= 11 is 5.82. The summed E-state index contributed by atoms with van der Waals surface area (Å²) in [5, 5.41) is 3.67. The first-order valence-electron chi connectivity index (χ1n) is 6.72. The van der Waals surface area contributed by atoms with Crippen LogP contribution in [0.15, 0.2) is 24.3 Å². The first-order chi connectivity index (χ1) is 9.22. The molecule has 1 aromatic carbocycles. The normalized spacial score (nSPS) is 10.4. The lowest BCUT2D eigenvalue weighted by atomic mass is 10.1. The minimum Gasteiger partial charge on any atom is -0.385 e. The Hall–Kier alpha value is -1.06. The zero-order chi connectivity index (χ0) is 13.9. The Kier molecular flexibility index (Phi) is 8.26. The summed E-state index contributed by atoms with van der Waals surface area (Å²) in [7, 11) is 1.69. The summed E-state index contributed by atoms with van der Waals surface area (Å²) in [4.78, 5) is 11.6. The quantitative estimate of drug-likeness (QED) is 0.707. The van der Waals surface area contributed by atoms with E-state index in [9.17, 15) is 4.79 Å². The number of ether oxygens (including phenoxy) is 1. The highest BCUT2D eigenvalue weighted by atomic mass is 35.5. The van der Waals surface area contributed by atoms with Crippen LogP contribution in [0.4, 0.5) is 0 Å². The number of benzene rings is 1. The smallest absolute Gasteiger partial charge is 0.220 e. The second-order valence-corrected chi connectivity index (χ2v) is 4.97. The molecule has 106 valence electrons. The topological polar surface area (TPSA) is 38.3 Å². The number of rotatable bonds is 9. The molecule has 0 radical (unpaired) electrons. The van der Waals surface area contributed by atoms with E-state index in [0.717, 1.165) is 43.9 Å². The summed E-state index contributed by atoms with van der Waals surface area (Å²) in [5.74, 6) is 0.131. The Morgan fingerprint density at radius 3 is 2.63 bits per heavy atom. The number of carbonyl (C=O) groups is 1. The van der Waals surface area contributed by atoms with E-state index in [1.165, 1.54) is 5.56 Å². The molecule has 0 heterocycles. The molecule has 0 fully saturated rings. The monoisotopic (exact) mass is 283 g/mol. The number of amides is 1. The van der Waals surface area contributed by atoms with Crippen LogP contribution in [0.3, 0.4) is 0 Å². The van der Waals surface area contributed by atoms with Crippen molar-refractivity contribution >= 4 is 17.5 Å². The number of hydrogen-bond donors (Lipinski definition) is 1. The van der Waals surface area contributed by atoms with Crippen molar-refractivity contribution in [3.05, 3.63) is 34.9 Å². The molecule has 0 bridgehead atoms. The van der Waals surface area contributed by atoms with Crippen molar-refractivity contribution in [3.8, 4) is 0 Å². The summed E-state index contributed by atoms with van der Waals surface area (Å²) in [6.45, 7) is 1.50. The SMILES string of the molecule is COCCCCNC(=O)CCCc1ccc(Cl)cc1. The maximum absolute atomic E-state index is 11.6. The number of unbranched alkanes of at least 4 members (excludes halogenated alkanes) is 1. The predicted molar refractivity (Wildman–Crippen MR) is 78.5 cm³/mol. The van der Waals surface area contributed by atoms with Gasteiger partial charge in [0.2, 0.25) is 5.91 Å². The van der Waals surface area contributed by atoms with Crippen LogP contribution in [-0.4, -0.2) is 26.2 Å². The van der Waals surface area contributed by atoms with E-state index in [1.54, 1.807) is 7.11 Å². The first-order valence-corrected chi connectivity index (χ1v) is 7.10. The van der Waals surface area contributed by atoms with Gasteiger partial charge in [-0.3, -0.25) is 4.79 Å². The van der Waals surface area contributed by atoms with Crippen LogP contribution < -0.4 is 5.32 Å². The number of nitrogens with one attached hydrogen (secondary N) is 1. The van der Waals surface area contributed by atoms with Gasteiger partial charge in [-0.25, -0.2) is 0 Å². The molecule has 0 unspecified atom stereocenters. The minimum absolute atomic E-state index is 0.131. The molecular formula is C15H22ClNO2. The van der Waals surface area contributed by atoms with Crippen molar-refractivity contribution in [1.29, 1.82) is 0 Å². The van der Waals surface area contributed by atoms with E-state index >= 15 is 0 Å². The van der Waals surface area contributed by atoms with Crippen molar-refractivity contribution in [1.82, 2.24) is 5.32 Å². The first kappa shape index (κ1) is 16.0. The van der Waals surface area contributed by atoms with Crippen LogP contribution >= 0.6 is 11.6 Å². The number of methoxy groups -OCH3 is 1. The van der Waals surface area contributed by atoms with E-state index in [4.69, 9.17) is 16.3 Å². The van der Waals surface area contributed by atoms with Crippen molar-refractivity contribution in [2.75, 3.05) is 20.3 Å². The molecular weight excluding hydrogens is 262 g/mol. The van der Waals surface area contributed by atoms with Gasteiger partial charge in [0.05, 0.1) is 0 Å². The predicted octanol–water partition coefficient (Wildman–Crippen LogP) is 3.21. The summed E-state index contributed by atoms with van der Waals surface area (Å²) < 4.78 is 4.95. The van der Waals surface area contributed by atoms with E-state index in [1.807, 2.05) is 24.3 Å². The second kappa shape index (κ2) is 9.82. The molecule has 0 aliphatic carbocycles. The molecule has 0 aromatic heterocycles. The average molecular weight is 284 g/mol. The van der Waals surface area contributed by atoms with E-state index in [0.29, 0.717) is 6.42 Å². The third-order valence-electron chi connectivity index (χ3n) is 2.88. The molecule has 1 rings (SSSR count). The number of hydrogen-bond acceptors (Lipinski definition) is 2. The summed E-state index contributed by atoms with van der Waals surface area (Å²) in [5.41, 5.74) is 1.22. The molecule has 0 saturated heterocycles. The van der Waals surface area contributed by atoms with Crippen LogP contribution in [0.25, 0.3) is 0 Å². The van der Waals surface area contributed by atoms with Gasteiger partial charge >= 0.3 is 0 Å². The summed E-state index contributed by atoms with van der Waals surface area (Å²) in [6.07, 6.45) is 4.31. The fraction of sp³-hybridized carbons (Fsp3) is 0.533. The molecule has 3 nitrogen and oxygen atoms in total. The van der Waals surface area contributed by atoms with Crippen LogP contribution in [0, 0.1) is 0 Å². The molecule has 0 atom stereocenters. The van der Waals surface area contributed by atoms with Crippen LogP contribution in [-0.2, 0) is 16.0 Å². The third-order valence-corrected chi connectivity index (χ3v) is 3.13. The maximum atomic E-state index is 11.6. The third kappa shape index (κ3) is 7.85. The van der Waals surface area contributed by atoms with Crippen molar-refractivity contribution in [2.24, 2.45) is 0 Å². The molecule has 0 spiro atoms. The molecule has 1 N–H and O–H groups in total. The largest absolute Gasteiger partial charge is 0.385 e. The van der Waals surface area contributed by atoms with Gasteiger partial charge in [-0.05, 0) is 43.4 Å². The Morgan fingerprint density at radius 2 is 1.95 bits per heavy atom. The van der Waals surface area contributed by atoms with Gasteiger partial charge in [0, 0.05) is 31.7 Å². The lowest BCUT2D eigenvalue weighted by molar-refractivity contribution is -0.121. The lowest BCUT2D eigenvalue weighted by Crippen LogP contribution is -2.24. The lowest BCUT2D eigenvalue weighted by Gasteiger charge is -2.05. The number of halogens is 1.